The van der Waals surface area contributed by atoms with Crippen molar-refractivity contribution in [3.05, 3.63) is 18.2 Å². The maximum absolute atomic E-state index is 12.8. The lowest BCUT2D eigenvalue weighted by molar-refractivity contribution is -0.136. The van der Waals surface area contributed by atoms with Crippen LogP contribution in [-0.4, -0.2) is 34.5 Å². The van der Waals surface area contributed by atoms with Crippen molar-refractivity contribution >= 4 is 11.8 Å². The van der Waals surface area contributed by atoms with Crippen LogP contribution in [0.2, 0.25) is 0 Å². The average molecular weight is 361 g/mol. The number of hydrogen-bond donors (Lipinski definition) is 2. The number of hydrogen-bond acceptors (Lipinski definition) is 3. The summed E-state index contributed by atoms with van der Waals surface area (Å²) in [5.74, 6) is 0.798. The van der Waals surface area contributed by atoms with E-state index in [0.717, 1.165) is 57.3 Å². The van der Waals surface area contributed by atoms with Gasteiger partial charge in [-0.05, 0) is 39.0 Å². The van der Waals surface area contributed by atoms with Crippen LogP contribution in [0, 0.1) is 24.2 Å². The van der Waals surface area contributed by atoms with E-state index in [2.05, 4.69) is 20.2 Å². The van der Waals surface area contributed by atoms with E-state index in [-0.39, 0.29) is 29.1 Å². The van der Waals surface area contributed by atoms with E-state index >= 15 is 0 Å². The lowest BCUT2D eigenvalue weighted by Gasteiger charge is -2.30. The highest BCUT2D eigenvalue weighted by Crippen LogP contribution is 2.46. The summed E-state index contributed by atoms with van der Waals surface area (Å²) in [6.45, 7) is 6.35. The number of carbonyl (C=O) groups excluding carboxylic acids is 2. The normalized spacial score (nSPS) is 24.1. The molecular weight excluding hydrogens is 328 g/mol. The molecule has 0 saturated heterocycles. The molecule has 6 nitrogen and oxygen atoms in total. The highest BCUT2D eigenvalue weighted by molar-refractivity contribution is 5.87. The van der Waals surface area contributed by atoms with Crippen LogP contribution in [-0.2, 0) is 16.1 Å². The zero-order chi connectivity index (χ0) is 18.6. The van der Waals surface area contributed by atoms with Crippen molar-refractivity contribution in [3.63, 3.8) is 0 Å². The highest BCUT2D eigenvalue weighted by Gasteiger charge is 2.44. The Labute approximate surface area is 156 Å². The van der Waals surface area contributed by atoms with Gasteiger partial charge < -0.3 is 15.2 Å². The summed E-state index contributed by atoms with van der Waals surface area (Å²) < 4.78 is 2.17. The quantitative estimate of drug-likeness (QED) is 0.747. The van der Waals surface area contributed by atoms with Gasteiger partial charge in [0, 0.05) is 49.3 Å². The number of rotatable bonds is 8. The molecule has 0 spiro atoms. The van der Waals surface area contributed by atoms with E-state index in [1.807, 2.05) is 26.2 Å². The molecule has 2 aliphatic carbocycles. The van der Waals surface area contributed by atoms with Crippen molar-refractivity contribution in [1.29, 1.82) is 0 Å². The molecule has 2 N–H and O–H groups in total. The van der Waals surface area contributed by atoms with Crippen molar-refractivity contribution in [2.24, 2.45) is 17.3 Å². The van der Waals surface area contributed by atoms with E-state index in [1.54, 1.807) is 0 Å². The van der Waals surface area contributed by atoms with Gasteiger partial charge in [0.1, 0.15) is 5.82 Å². The van der Waals surface area contributed by atoms with E-state index in [0.29, 0.717) is 13.1 Å². The fourth-order valence-corrected chi connectivity index (χ4v) is 4.04. The number of aromatic nitrogens is 2. The predicted octanol–water partition coefficient (Wildman–Crippen LogP) is 2.42. The molecule has 2 saturated carbocycles. The Hall–Kier alpha value is -1.85. The molecule has 144 valence electrons. The van der Waals surface area contributed by atoms with Gasteiger partial charge in [-0.3, -0.25) is 9.59 Å². The first kappa shape index (κ1) is 18.9. The van der Waals surface area contributed by atoms with E-state index in [9.17, 15) is 9.59 Å². The second-order valence-electron chi connectivity index (χ2n) is 8.11. The number of carbonyl (C=O) groups is 2. The van der Waals surface area contributed by atoms with Gasteiger partial charge in [-0.2, -0.15) is 0 Å². The lowest BCUT2D eigenvalue weighted by atomic mass is 9.78. The molecule has 26 heavy (non-hydrogen) atoms. The fraction of sp³-hybridized carbons (Fsp3) is 0.750. The highest BCUT2D eigenvalue weighted by atomic mass is 16.2. The Morgan fingerprint density at radius 3 is 2.38 bits per heavy atom. The maximum atomic E-state index is 12.8. The standard InChI is InChI=1S/C20H32N4O2/c1-3-10-22-18(25)16-6-4-5-7-17(16)19(26)23-13-20(8-9-20)14-24-12-11-21-15(24)2/h11-12,16-17H,3-10,13-14H2,1-2H3,(H,22,25)(H,23,26)/t16-,17+/m0/s1. The van der Waals surface area contributed by atoms with E-state index in [1.165, 1.54) is 0 Å². The monoisotopic (exact) mass is 360 g/mol. The summed E-state index contributed by atoms with van der Waals surface area (Å²) in [6.07, 6.45) is 10.7. The molecule has 0 unspecified atom stereocenters. The van der Waals surface area contributed by atoms with Crippen molar-refractivity contribution in [3.8, 4) is 0 Å². The molecule has 2 atom stereocenters. The largest absolute Gasteiger partial charge is 0.356 e. The van der Waals surface area contributed by atoms with E-state index in [4.69, 9.17) is 0 Å². The first-order valence-corrected chi connectivity index (χ1v) is 10.1. The van der Waals surface area contributed by atoms with Crippen LogP contribution in [0.4, 0.5) is 0 Å². The van der Waals surface area contributed by atoms with Crippen LogP contribution in [0.15, 0.2) is 12.4 Å². The molecule has 0 aliphatic heterocycles. The van der Waals surface area contributed by atoms with Gasteiger partial charge >= 0.3 is 0 Å². The van der Waals surface area contributed by atoms with Crippen molar-refractivity contribution in [1.82, 2.24) is 20.2 Å². The smallest absolute Gasteiger partial charge is 0.223 e. The van der Waals surface area contributed by atoms with Gasteiger partial charge in [0.05, 0.1) is 0 Å². The molecule has 1 aromatic heterocycles. The summed E-state index contributed by atoms with van der Waals surface area (Å²) in [6, 6.07) is 0. The van der Waals surface area contributed by atoms with Crippen LogP contribution in [0.25, 0.3) is 0 Å². The molecule has 0 radical (unpaired) electrons. The fourth-order valence-electron chi connectivity index (χ4n) is 4.04. The molecule has 3 rings (SSSR count). The Morgan fingerprint density at radius 1 is 1.19 bits per heavy atom. The van der Waals surface area contributed by atoms with Crippen LogP contribution >= 0.6 is 0 Å². The SMILES string of the molecule is CCCNC(=O)[C@H]1CCCC[C@H]1C(=O)NCC1(Cn2ccnc2C)CC1. The number of nitrogens with one attached hydrogen (secondary N) is 2. The molecular formula is C20H32N4O2. The number of imidazole rings is 1. The van der Waals surface area contributed by atoms with Crippen LogP contribution < -0.4 is 10.6 Å². The van der Waals surface area contributed by atoms with Crippen LogP contribution in [0.1, 0.15) is 57.7 Å². The van der Waals surface area contributed by atoms with Gasteiger partial charge in [0.15, 0.2) is 0 Å². The number of nitrogens with zero attached hydrogens (tertiary/aromatic N) is 2. The van der Waals surface area contributed by atoms with Gasteiger partial charge in [-0.25, -0.2) is 4.98 Å². The summed E-state index contributed by atoms with van der Waals surface area (Å²) in [4.78, 5) is 29.5. The Morgan fingerprint density at radius 2 is 1.85 bits per heavy atom. The van der Waals surface area contributed by atoms with Gasteiger partial charge in [-0.1, -0.05) is 19.8 Å². The first-order valence-electron chi connectivity index (χ1n) is 10.1. The summed E-state index contributed by atoms with van der Waals surface area (Å²) >= 11 is 0. The molecule has 2 aliphatic rings. The van der Waals surface area contributed by atoms with Gasteiger partial charge in [0.2, 0.25) is 11.8 Å². The molecule has 1 heterocycles. The summed E-state index contributed by atoms with van der Waals surface area (Å²) in [5.41, 5.74) is 0.162. The molecule has 2 fully saturated rings. The zero-order valence-corrected chi connectivity index (χ0v) is 16.1. The average Bonchev–Trinajstić information content (AvgIpc) is 3.31. The minimum Gasteiger partial charge on any atom is -0.356 e. The lowest BCUT2D eigenvalue weighted by Crippen LogP contribution is -2.45. The minimum absolute atomic E-state index is 0.0573. The summed E-state index contributed by atoms with van der Waals surface area (Å²) in [7, 11) is 0. The van der Waals surface area contributed by atoms with Crippen molar-refractivity contribution in [2.45, 2.75) is 65.3 Å². The van der Waals surface area contributed by atoms with Gasteiger partial charge in [0.25, 0.3) is 0 Å². The number of amides is 2. The number of aryl methyl sites for hydroxylation is 1. The van der Waals surface area contributed by atoms with E-state index < -0.39 is 0 Å². The topological polar surface area (TPSA) is 76.0 Å². The minimum atomic E-state index is -0.175. The zero-order valence-electron chi connectivity index (χ0n) is 16.1. The van der Waals surface area contributed by atoms with Crippen molar-refractivity contribution in [2.75, 3.05) is 13.1 Å². The third kappa shape index (κ3) is 4.46. The molecule has 1 aromatic rings. The molecule has 0 bridgehead atoms. The van der Waals surface area contributed by atoms with Crippen LogP contribution in [0.3, 0.4) is 0 Å². The summed E-state index contributed by atoms with van der Waals surface area (Å²) in [5, 5.41) is 6.15. The third-order valence-electron chi connectivity index (χ3n) is 6.01. The Kier molecular flexibility index (Phi) is 5.99. The second-order valence-corrected chi connectivity index (χ2v) is 8.11. The Balaban J connectivity index is 1.54. The first-order chi connectivity index (χ1) is 12.5. The Bertz CT molecular complexity index is 636. The third-order valence-corrected chi connectivity index (χ3v) is 6.01. The molecule has 6 heteroatoms. The van der Waals surface area contributed by atoms with Crippen molar-refractivity contribution < 1.29 is 9.59 Å². The van der Waals surface area contributed by atoms with Gasteiger partial charge in [-0.15, -0.1) is 0 Å². The van der Waals surface area contributed by atoms with Crippen LogP contribution in [0.5, 0.6) is 0 Å². The predicted molar refractivity (Wildman–Crippen MR) is 100 cm³/mol. The maximum Gasteiger partial charge on any atom is 0.223 e. The second kappa shape index (κ2) is 8.23. The molecule has 0 aromatic carbocycles. The molecule has 2 amide bonds.